The molecule has 2 aliphatic heterocycles. The van der Waals surface area contributed by atoms with Crippen LogP contribution in [0.2, 0.25) is 0 Å². The molecule has 0 spiro atoms. The predicted octanol–water partition coefficient (Wildman–Crippen LogP) is 1.51. The Kier molecular flexibility index (Phi) is 7.47. The van der Waals surface area contributed by atoms with Gasteiger partial charge in [-0.25, -0.2) is 4.79 Å². The largest absolute Gasteiger partial charge is 0.444 e. The van der Waals surface area contributed by atoms with Crippen molar-refractivity contribution in [2.45, 2.75) is 58.5 Å². The zero-order valence-corrected chi connectivity index (χ0v) is 17.0. The first-order valence-corrected chi connectivity index (χ1v) is 9.89. The van der Waals surface area contributed by atoms with Crippen molar-refractivity contribution in [2.24, 2.45) is 11.8 Å². The van der Waals surface area contributed by atoms with Gasteiger partial charge < -0.3 is 14.5 Å². The summed E-state index contributed by atoms with van der Waals surface area (Å²) in [6.07, 6.45) is 3.31. The molecule has 1 unspecified atom stereocenters. The van der Waals surface area contributed by atoms with E-state index in [4.69, 9.17) is 4.74 Å². The van der Waals surface area contributed by atoms with Crippen LogP contribution in [0.25, 0.3) is 0 Å². The number of rotatable bonds is 3. The number of carbonyl (C=O) groups excluding carboxylic acids is 3. The number of hydrogen-bond acceptors (Lipinski definition) is 5. The fourth-order valence-electron chi connectivity index (χ4n) is 3.54. The average molecular weight is 383 g/mol. The summed E-state index contributed by atoms with van der Waals surface area (Å²) in [5.74, 6) is -0.298. The normalized spacial score (nSPS) is 22.2. The quantitative estimate of drug-likeness (QED) is 0.722. The van der Waals surface area contributed by atoms with Crippen molar-refractivity contribution >= 4 is 17.9 Å². The summed E-state index contributed by atoms with van der Waals surface area (Å²) in [5, 5.41) is 0. The van der Waals surface area contributed by atoms with Gasteiger partial charge in [0, 0.05) is 25.4 Å². The summed E-state index contributed by atoms with van der Waals surface area (Å²) in [5.41, 5.74) is 4.56. The summed E-state index contributed by atoms with van der Waals surface area (Å²) in [4.78, 5) is 40.4. The molecule has 0 aromatic carbocycles. The van der Waals surface area contributed by atoms with Crippen molar-refractivity contribution < 1.29 is 19.1 Å². The van der Waals surface area contributed by atoms with Crippen molar-refractivity contribution in [2.75, 3.05) is 33.2 Å². The van der Waals surface area contributed by atoms with E-state index in [1.165, 1.54) is 0 Å². The third kappa shape index (κ3) is 7.36. The second kappa shape index (κ2) is 9.39. The van der Waals surface area contributed by atoms with Crippen LogP contribution in [0.4, 0.5) is 4.79 Å². The van der Waals surface area contributed by atoms with Crippen LogP contribution in [-0.2, 0) is 14.3 Å². The Morgan fingerprint density at radius 3 is 2.33 bits per heavy atom. The smallest absolute Gasteiger partial charge is 0.410 e. The van der Waals surface area contributed by atoms with Gasteiger partial charge in [-0.05, 0) is 72.5 Å². The third-order valence-electron chi connectivity index (χ3n) is 5.06. The van der Waals surface area contributed by atoms with Crippen molar-refractivity contribution in [3.05, 3.63) is 0 Å². The standard InChI is InChI=1S/C19H34N4O4/c1-19(2,3)27-18(26)23-9-5-6-14(13-23)12-16(24)20-21-17(25)15-7-10-22(4)11-8-15/h14-15H,5-13H2,1-4H3,(H,20,24)(H,21,25). The van der Waals surface area contributed by atoms with Crippen molar-refractivity contribution in [1.29, 1.82) is 0 Å². The Balaban J connectivity index is 1.71. The van der Waals surface area contributed by atoms with Crippen LogP contribution >= 0.6 is 0 Å². The number of amides is 3. The molecule has 8 heteroatoms. The molecule has 2 aliphatic rings. The lowest BCUT2D eigenvalue weighted by Crippen LogP contribution is -2.48. The summed E-state index contributed by atoms with van der Waals surface area (Å²) >= 11 is 0. The molecule has 1 atom stereocenters. The van der Waals surface area contributed by atoms with E-state index in [0.29, 0.717) is 13.1 Å². The molecule has 0 saturated carbocycles. The minimum absolute atomic E-state index is 0.0427. The highest BCUT2D eigenvalue weighted by Gasteiger charge is 2.29. The summed E-state index contributed by atoms with van der Waals surface area (Å²) < 4.78 is 5.41. The number of piperidine rings is 2. The van der Waals surface area contributed by atoms with Crippen molar-refractivity contribution in [3.63, 3.8) is 0 Å². The Morgan fingerprint density at radius 1 is 1.04 bits per heavy atom. The molecular weight excluding hydrogens is 348 g/mol. The van der Waals surface area contributed by atoms with E-state index in [1.54, 1.807) is 4.90 Å². The molecule has 0 radical (unpaired) electrons. The second-order valence-electron chi connectivity index (χ2n) is 8.75. The lowest BCUT2D eigenvalue weighted by atomic mass is 9.95. The van der Waals surface area contributed by atoms with Gasteiger partial charge >= 0.3 is 6.09 Å². The zero-order chi connectivity index (χ0) is 20.0. The maximum absolute atomic E-state index is 12.2. The van der Waals surface area contributed by atoms with Crippen LogP contribution in [-0.4, -0.2) is 66.5 Å². The first-order chi connectivity index (χ1) is 12.6. The first-order valence-electron chi connectivity index (χ1n) is 9.89. The van der Waals surface area contributed by atoms with Gasteiger partial charge in [0.1, 0.15) is 5.60 Å². The number of hydrazine groups is 1. The minimum Gasteiger partial charge on any atom is -0.444 e. The lowest BCUT2D eigenvalue weighted by Gasteiger charge is -2.34. The van der Waals surface area contributed by atoms with E-state index in [2.05, 4.69) is 15.8 Å². The molecule has 2 saturated heterocycles. The molecule has 2 heterocycles. The lowest BCUT2D eigenvalue weighted by molar-refractivity contribution is -0.132. The highest BCUT2D eigenvalue weighted by molar-refractivity contribution is 5.83. The van der Waals surface area contributed by atoms with E-state index < -0.39 is 5.60 Å². The number of nitrogens with zero attached hydrogens (tertiary/aromatic N) is 2. The van der Waals surface area contributed by atoms with Gasteiger partial charge in [-0.2, -0.15) is 0 Å². The van der Waals surface area contributed by atoms with Gasteiger partial charge in [0.05, 0.1) is 0 Å². The molecule has 154 valence electrons. The second-order valence-corrected chi connectivity index (χ2v) is 8.75. The molecule has 0 aromatic rings. The molecule has 0 bridgehead atoms. The number of likely N-dealkylation sites (tertiary alicyclic amines) is 2. The van der Waals surface area contributed by atoms with Crippen molar-refractivity contribution in [3.8, 4) is 0 Å². The van der Waals surface area contributed by atoms with E-state index >= 15 is 0 Å². The molecule has 2 N–H and O–H groups in total. The van der Waals surface area contributed by atoms with E-state index in [-0.39, 0.29) is 36.2 Å². The minimum atomic E-state index is -0.528. The van der Waals surface area contributed by atoms with Gasteiger partial charge in [0.25, 0.3) is 0 Å². The van der Waals surface area contributed by atoms with E-state index in [1.807, 2.05) is 27.8 Å². The monoisotopic (exact) mass is 382 g/mol. The van der Waals surface area contributed by atoms with Crippen molar-refractivity contribution in [1.82, 2.24) is 20.7 Å². The van der Waals surface area contributed by atoms with Crippen LogP contribution in [0, 0.1) is 11.8 Å². The Hall–Kier alpha value is -1.83. The predicted molar refractivity (Wildman–Crippen MR) is 102 cm³/mol. The number of hydrogen-bond donors (Lipinski definition) is 2. The summed E-state index contributed by atoms with van der Waals surface area (Å²) in [6, 6.07) is 0. The van der Waals surface area contributed by atoms with Crippen LogP contribution in [0.3, 0.4) is 0 Å². The molecule has 0 aliphatic carbocycles. The SMILES string of the molecule is CN1CCC(C(=O)NNC(=O)CC2CCCN(C(=O)OC(C)(C)C)C2)CC1. The molecule has 3 amide bonds. The topological polar surface area (TPSA) is 91.0 Å². The van der Waals surface area contributed by atoms with Crippen LogP contribution < -0.4 is 10.9 Å². The van der Waals surface area contributed by atoms with Crippen LogP contribution in [0.15, 0.2) is 0 Å². The van der Waals surface area contributed by atoms with Gasteiger partial charge in [0.15, 0.2) is 0 Å². The first kappa shape index (κ1) is 21.5. The van der Waals surface area contributed by atoms with Gasteiger partial charge in [-0.3, -0.25) is 20.4 Å². The molecular formula is C19H34N4O4. The summed E-state index contributed by atoms with van der Waals surface area (Å²) in [6.45, 7) is 8.47. The average Bonchev–Trinajstić information content (AvgIpc) is 2.59. The fraction of sp³-hybridized carbons (Fsp3) is 0.842. The number of carbonyl (C=O) groups is 3. The molecule has 27 heavy (non-hydrogen) atoms. The third-order valence-corrected chi connectivity index (χ3v) is 5.06. The molecule has 0 aromatic heterocycles. The summed E-state index contributed by atoms with van der Waals surface area (Å²) in [7, 11) is 2.04. The maximum Gasteiger partial charge on any atom is 0.410 e. The fourth-order valence-corrected chi connectivity index (χ4v) is 3.54. The number of nitrogens with one attached hydrogen (secondary N) is 2. The van der Waals surface area contributed by atoms with E-state index in [9.17, 15) is 14.4 Å². The zero-order valence-electron chi connectivity index (χ0n) is 17.0. The highest BCUT2D eigenvalue weighted by atomic mass is 16.6. The van der Waals surface area contributed by atoms with Crippen LogP contribution in [0.5, 0.6) is 0 Å². The van der Waals surface area contributed by atoms with Gasteiger partial charge in [0.2, 0.25) is 11.8 Å². The molecule has 8 nitrogen and oxygen atoms in total. The maximum atomic E-state index is 12.2. The van der Waals surface area contributed by atoms with Crippen LogP contribution in [0.1, 0.15) is 52.9 Å². The van der Waals surface area contributed by atoms with E-state index in [0.717, 1.165) is 38.8 Å². The Labute approximate surface area is 161 Å². The van der Waals surface area contributed by atoms with Gasteiger partial charge in [-0.1, -0.05) is 0 Å². The molecule has 2 rings (SSSR count). The number of ether oxygens (including phenoxy) is 1. The Bertz CT molecular complexity index is 538. The Morgan fingerprint density at radius 2 is 1.70 bits per heavy atom. The molecule has 2 fully saturated rings. The highest BCUT2D eigenvalue weighted by Crippen LogP contribution is 2.21. The van der Waals surface area contributed by atoms with Gasteiger partial charge in [-0.15, -0.1) is 0 Å².